The van der Waals surface area contributed by atoms with Gasteiger partial charge in [-0.15, -0.1) is 24.0 Å². The SMILES string of the molecule is CCOCCC1(CNC(=NC)NCc2ccccc2Cn2cccn2)CCCC1.I. The molecule has 0 bridgehead atoms. The summed E-state index contributed by atoms with van der Waals surface area (Å²) in [6, 6.07) is 10.4. The molecule has 0 aliphatic heterocycles. The average Bonchev–Trinajstić information content (AvgIpc) is 3.42. The number of benzene rings is 1. The number of nitrogens with zero attached hydrogens (tertiary/aromatic N) is 3. The third-order valence-electron chi connectivity index (χ3n) is 5.96. The second kappa shape index (κ2) is 12.9. The fourth-order valence-electron chi connectivity index (χ4n) is 4.20. The molecule has 1 fully saturated rings. The highest BCUT2D eigenvalue weighted by molar-refractivity contribution is 14.0. The molecule has 7 heteroatoms. The van der Waals surface area contributed by atoms with Crippen LogP contribution in [0.3, 0.4) is 0 Å². The Balaban J connectivity index is 0.00000320. The molecule has 2 N–H and O–H groups in total. The number of hydrogen-bond acceptors (Lipinski definition) is 3. The van der Waals surface area contributed by atoms with E-state index in [4.69, 9.17) is 4.74 Å². The van der Waals surface area contributed by atoms with Crippen LogP contribution in [0, 0.1) is 5.41 Å². The number of guanidine groups is 1. The van der Waals surface area contributed by atoms with E-state index < -0.39 is 0 Å². The van der Waals surface area contributed by atoms with Crippen LogP contribution in [0.25, 0.3) is 0 Å². The molecule has 2 aromatic rings. The summed E-state index contributed by atoms with van der Waals surface area (Å²) in [5.41, 5.74) is 2.87. The molecule has 0 spiro atoms. The van der Waals surface area contributed by atoms with E-state index in [9.17, 15) is 0 Å². The molecule has 1 aliphatic carbocycles. The number of rotatable bonds is 10. The van der Waals surface area contributed by atoms with Gasteiger partial charge in [-0.05, 0) is 48.8 Å². The van der Waals surface area contributed by atoms with Crippen molar-refractivity contribution in [2.75, 3.05) is 26.8 Å². The van der Waals surface area contributed by atoms with Crippen LogP contribution in [0.5, 0.6) is 0 Å². The highest BCUT2D eigenvalue weighted by atomic mass is 127. The Morgan fingerprint density at radius 2 is 1.93 bits per heavy atom. The molecule has 1 aromatic heterocycles. The van der Waals surface area contributed by atoms with Crippen LogP contribution in [0.4, 0.5) is 0 Å². The number of nitrogens with one attached hydrogen (secondary N) is 2. The molecule has 0 atom stereocenters. The van der Waals surface area contributed by atoms with Gasteiger partial charge in [-0.25, -0.2) is 0 Å². The summed E-state index contributed by atoms with van der Waals surface area (Å²) in [5.74, 6) is 0.863. The smallest absolute Gasteiger partial charge is 0.191 e. The van der Waals surface area contributed by atoms with Crippen LogP contribution < -0.4 is 10.6 Å². The number of hydrogen-bond donors (Lipinski definition) is 2. The number of aliphatic imine (C=N–C) groups is 1. The summed E-state index contributed by atoms with van der Waals surface area (Å²) in [5, 5.41) is 11.4. The first-order valence-corrected chi connectivity index (χ1v) is 10.8. The van der Waals surface area contributed by atoms with Gasteiger partial charge < -0.3 is 15.4 Å². The summed E-state index contributed by atoms with van der Waals surface area (Å²) in [6.45, 7) is 6.18. The lowest BCUT2D eigenvalue weighted by molar-refractivity contribution is 0.105. The molecule has 166 valence electrons. The summed E-state index contributed by atoms with van der Waals surface area (Å²) in [7, 11) is 1.84. The normalized spacial score (nSPS) is 15.6. The van der Waals surface area contributed by atoms with Crippen molar-refractivity contribution in [1.82, 2.24) is 20.4 Å². The van der Waals surface area contributed by atoms with Gasteiger partial charge in [0.05, 0.1) is 6.54 Å². The summed E-state index contributed by atoms with van der Waals surface area (Å²) >= 11 is 0. The van der Waals surface area contributed by atoms with Gasteiger partial charge in [0, 0.05) is 45.7 Å². The van der Waals surface area contributed by atoms with Crippen LogP contribution in [0.15, 0.2) is 47.7 Å². The van der Waals surface area contributed by atoms with Crippen molar-refractivity contribution >= 4 is 29.9 Å². The Morgan fingerprint density at radius 1 is 1.17 bits per heavy atom. The van der Waals surface area contributed by atoms with Crippen molar-refractivity contribution in [1.29, 1.82) is 0 Å². The Morgan fingerprint density at radius 3 is 2.60 bits per heavy atom. The average molecular weight is 525 g/mol. The van der Waals surface area contributed by atoms with E-state index in [1.165, 1.54) is 36.8 Å². The van der Waals surface area contributed by atoms with Crippen molar-refractivity contribution in [2.45, 2.75) is 52.1 Å². The van der Waals surface area contributed by atoms with Gasteiger partial charge in [0.25, 0.3) is 0 Å². The zero-order chi connectivity index (χ0) is 20.4. The van der Waals surface area contributed by atoms with Gasteiger partial charge in [-0.3, -0.25) is 9.67 Å². The van der Waals surface area contributed by atoms with Gasteiger partial charge >= 0.3 is 0 Å². The molecule has 6 nitrogen and oxygen atoms in total. The van der Waals surface area contributed by atoms with E-state index in [0.717, 1.165) is 45.2 Å². The predicted octanol–water partition coefficient (Wildman–Crippen LogP) is 4.20. The monoisotopic (exact) mass is 525 g/mol. The second-order valence-corrected chi connectivity index (χ2v) is 7.91. The van der Waals surface area contributed by atoms with Crippen LogP contribution >= 0.6 is 24.0 Å². The van der Waals surface area contributed by atoms with Gasteiger partial charge in [0.1, 0.15) is 0 Å². The Kier molecular flexibility index (Phi) is 10.6. The summed E-state index contributed by atoms with van der Waals surface area (Å²) < 4.78 is 7.59. The molecule has 1 aliphatic rings. The fourth-order valence-corrected chi connectivity index (χ4v) is 4.20. The Bertz CT molecular complexity index is 757. The first-order valence-electron chi connectivity index (χ1n) is 10.8. The molecule has 1 saturated carbocycles. The molecule has 1 aromatic carbocycles. The zero-order valence-electron chi connectivity index (χ0n) is 18.3. The standard InChI is InChI=1S/C23H35N5O.HI/c1-3-29-16-13-23(11-6-7-12-23)19-26-22(24-2)25-17-20-9-4-5-10-21(20)18-28-15-8-14-27-28;/h4-5,8-10,14-15H,3,6-7,11-13,16-19H2,1-2H3,(H2,24,25,26);1H. The van der Waals surface area contributed by atoms with Gasteiger partial charge in [0.15, 0.2) is 5.96 Å². The van der Waals surface area contributed by atoms with Gasteiger partial charge in [0.2, 0.25) is 0 Å². The molecule has 0 unspecified atom stereocenters. The number of aromatic nitrogens is 2. The molecule has 1 heterocycles. The lowest BCUT2D eigenvalue weighted by Gasteiger charge is -2.30. The van der Waals surface area contributed by atoms with Crippen molar-refractivity contribution in [3.8, 4) is 0 Å². The van der Waals surface area contributed by atoms with Crippen LogP contribution in [0.1, 0.15) is 50.2 Å². The zero-order valence-corrected chi connectivity index (χ0v) is 20.6. The first-order chi connectivity index (χ1) is 14.2. The third kappa shape index (κ3) is 7.27. The first kappa shape index (κ1) is 24.7. The Labute approximate surface area is 197 Å². The lowest BCUT2D eigenvalue weighted by atomic mass is 9.83. The minimum Gasteiger partial charge on any atom is -0.382 e. The van der Waals surface area contributed by atoms with Crippen LogP contribution in [-0.2, 0) is 17.8 Å². The molecule has 3 rings (SSSR count). The minimum atomic E-state index is 0. The molecule has 0 amide bonds. The molecular weight excluding hydrogens is 489 g/mol. The summed E-state index contributed by atoms with van der Waals surface area (Å²) in [4.78, 5) is 4.44. The molecular formula is C23H36IN5O. The topological polar surface area (TPSA) is 63.5 Å². The predicted molar refractivity (Wildman–Crippen MR) is 133 cm³/mol. The largest absolute Gasteiger partial charge is 0.382 e. The van der Waals surface area contributed by atoms with Gasteiger partial charge in [-0.2, -0.15) is 5.10 Å². The highest BCUT2D eigenvalue weighted by Crippen LogP contribution is 2.40. The maximum absolute atomic E-state index is 5.63. The van der Waals surface area contributed by atoms with Crippen molar-refractivity contribution < 1.29 is 4.74 Å². The van der Waals surface area contributed by atoms with E-state index in [1.54, 1.807) is 0 Å². The second-order valence-electron chi connectivity index (χ2n) is 7.91. The fraction of sp³-hybridized carbons (Fsp3) is 0.565. The number of halogens is 1. The van der Waals surface area contributed by atoms with E-state index in [2.05, 4.69) is 51.9 Å². The van der Waals surface area contributed by atoms with Gasteiger partial charge in [-0.1, -0.05) is 37.1 Å². The van der Waals surface area contributed by atoms with Crippen molar-refractivity contribution in [2.24, 2.45) is 10.4 Å². The van der Waals surface area contributed by atoms with E-state index in [0.29, 0.717) is 5.41 Å². The highest BCUT2D eigenvalue weighted by Gasteiger charge is 2.33. The third-order valence-corrected chi connectivity index (χ3v) is 5.96. The van der Waals surface area contributed by atoms with Crippen molar-refractivity contribution in [3.05, 3.63) is 53.9 Å². The van der Waals surface area contributed by atoms with Crippen LogP contribution in [0.2, 0.25) is 0 Å². The van der Waals surface area contributed by atoms with E-state index in [-0.39, 0.29) is 24.0 Å². The maximum Gasteiger partial charge on any atom is 0.191 e. The maximum atomic E-state index is 5.63. The quantitative estimate of drug-likeness (QED) is 0.211. The summed E-state index contributed by atoms with van der Waals surface area (Å²) in [6.07, 6.45) is 10.1. The molecule has 0 radical (unpaired) electrons. The lowest BCUT2D eigenvalue weighted by Crippen LogP contribution is -2.43. The minimum absolute atomic E-state index is 0. The Hall–Kier alpha value is -1.61. The van der Waals surface area contributed by atoms with E-state index in [1.807, 2.05) is 30.2 Å². The van der Waals surface area contributed by atoms with Crippen molar-refractivity contribution in [3.63, 3.8) is 0 Å². The van der Waals surface area contributed by atoms with Crippen LogP contribution in [-0.4, -0.2) is 42.5 Å². The van der Waals surface area contributed by atoms with E-state index >= 15 is 0 Å². The molecule has 0 saturated heterocycles. The number of ether oxygens (including phenoxy) is 1. The molecule has 30 heavy (non-hydrogen) atoms.